The summed E-state index contributed by atoms with van der Waals surface area (Å²) in [5.74, 6) is 1.76. The number of rotatable bonds is 9. The van der Waals surface area contributed by atoms with Crippen LogP contribution in [0.2, 0.25) is 0 Å². The van der Waals surface area contributed by atoms with Crippen molar-refractivity contribution in [3.05, 3.63) is 53.4 Å². The van der Waals surface area contributed by atoms with Gasteiger partial charge in [0, 0.05) is 16.3 Å². The van der Waals surface area contributed by atoms with E-state index in [0.29, 0.717) is 59.2 Å². The normalized spacial score (nSPS) is 10.8. The van der Waals surface area contributed by atoms with Crippen molar-refractivity contribution >= 4 is 33.3 Å². The first kappa shape index (κ1) is 21.7. The number of hydrogen-bond acceptors (Lipinski definition) is 7. The molecule has 8 heteroatoms. The number of benzene rings is 2. The van der Waals surface area contributed by atoms with E-state index in [4.69, 9.17) is 18.6 Å². The van der Waals surface area contributed by atoms with Gasteiger partial charge in [-0.3, -0.25) is 10.1 Å². The average molecular weight is 453 g/mol. The molecule has 0 unspecified atom stereocenters. The van der Waals surface area contributed by atoms with Crippen molar-refractivity contribution < 1.29 is 23.4 Å². The van der Waals surface area contributed by atoms with Gasteiger partial charge < -0.3 is 18.6 Å². The van der Waals surface area contributed by atoms with E-state index in [9.17, 15) is 4.79 Å². The highest BCUT2D eigenvalue weighted by Gasteiger charge is 2.19. The number of nitrogens with zero attached hydrogens (tertiary/aromatic N) is 1. The summed E-state index contributed by atoms with van der Waals surface area (Å²) >= 11 is 1.33. The van der Waals surface area contributed by atoms with E-state index in [1.54, 1.807) is 12.1 Å². The van der Waals surface area contributed by atoms with E-state index in [-0.39, 0.29) is 5.91 Å². The Labute approximate surface area is 189 Å². The molecular formula is C24H24N2O5S. The lowest BCUT2D eigenvalue weighted by molar-refractivity contribution is 0.102. The van der Waals surface area contributed by atoms with Crippen LogP contribution in [-0.2, 0) is 0 Å². The molecule has 2 aromatic carbocycles. The van der Waals surface area contributed by atoms with Gasteiger partial charge >= 0.3 is 0 Å². The fraction of sp³-hybridized carbons (Fsp3) is 0.250. The molecule has 0 fully saturated rings. The van der Waals surface area contributed by atoms with E-state index < -0.39 is 0 Å². The lowest BCUT2D eigenvalue weighted by Crippen LogP contribution is -2.13. The second-order valence-corrected chi connectivity index (χ2v) is 7.60. The number of thiazole rings is 1. The first-order valence-electron chi connectivity index (χ1n) is 10.4. The van der Waals surface area contributed by atoms with E-state index in [1.807, 2.05) is 56.5 Å². The number of furan rings is 1. The van der Waals surface area contributed by atoms with Crippen molar-refractivity contribution in [1.82, 2.24) is 4.98 Å². The fourth-order valence-corrected chi connectivity index (χ4v) is 3.94. The predicted molar refractivity (Wildman–Crippen MR) is 125 cm³/mol. The van der Waals surface area contributed by atoms with E-state index >= 15 is 0 Å². The Morgan fingerprint density at radius 2 is 1.69 bits per heavy atom. The van der Waals surface area contributed by atoms with Crippen LogP contribution in [0.5, 0.6) is 17.2 Å². The third-order valence-corrected chi connectivity index (χ3v) is 5.33. The first-order valence-corrected chi connectivity index (χ1v) is 11.3. The average Bonchev–Trinajstić information content (AvgIpc) is 3.43. The summed E-state index contributed by atoms with van der Waals surface area (Å²) in [5.41, 5.74) is 1.85. The van der Waals surface area contributed by atoms with Crippen LogP contribution in [0.25, 0.3) is 22.4 Å². The second-order valence-electron chi connectivity index (χ2n) is 6.74. The topological polar surface area (TPSA) is 82.8 Å². The number of hydrogen-bond donors (Lipinski definition) is 1. The van der Waals surface area contributed by atoms with Gasteiger partial charge in [0.2, 0.25) is 5.75 Å². The highest BCUT2D eigenvalue weighted by Crippen LogP contribution is 2.39. The Hall–Kier alpha value is -3.52. The van der Waals surface area contributed by atoms with Gasteiger partial charge in [0.1, 0.15) is 11.3 Å². The quantitative estimate of drug-likeness (QED) is 0.335. The highest BCUT2D eigenvalue weighted by atomic mass is 32.1. The van der Waals surface area contributed by atoms with E-state index in [0.717, 1.165) is 11.0 Å². The zero-order chi connectivity index (χ0) is 22.5. The molecule has 4 rings (SSSR count). The van der Waals surface area contributed by atoms with Crippen LogP contribution in [0, 0.1) is 0 Å². The van der Waals surface area contributed by atoms with Crippen LogP contribution in [0.3, 0.4) is 0 Å². The summed E-state index contributed by atoms with van der Waals surface area (Å²) in [6.45, 7) is 6.95. The number of nitrogens with one attached hydrogen (secondary N) is 1. The first-order chi connectivity index (χ1) is 15.6. The van der Waals surface area contributed by atoms with Crippen LogP contribution in [-0.4, -0.2) is 30.7 Å². The van der Waals surface area contributed by atoms with Gasteiger partial charge in [-0.15, -0.1) is 11.3 Å². The van der Waals surface area contributed by atoms with Gasteiger partial charge in [0.15, 0.2) is 22.4 Å². The molecule has 2 aromatic heterocycles. The SMILES string of the molecule is CCOc1cc(C(=O)Nc2nc(-c3cc4ccccc4o3)cs2)cc(OCC)c1OCC. The summed E-state index contributed by atoms with van der Waals surface area (Å²) in [4.78, 5) is 17.5. The van der Waals surface area contributed by atoms with E-state index in [1.165, 1.54) is 11.3 Å². The molecule has 166 valence electrons. The van der Waals surface area contributed by atoms with Crippen LogP contribution in [0.4, 0.5) is 5.13 Å². The number of carbonyl (C=O) groups is 1. The molecule has 2 heterocycles. The second kappa shape index (κ2) is 9.74. The number of aromatic nitrogens is 1. The Kier molecular flexibility index (Phi) is 6.61. The van der Waals surface area contributed by atoms with Crippen molar-refractivity contribution in [3.8, 4) is 28.7 Å². The van der Waals surface area contributed by atoms with Crippen LogP contribution >= 0.6 is 11.3 Å². The molecule has 32 heavy (non-hydrogen) atoms. The monoisotopic (exact) mass is 452 g/mol. The largest absolute Gasteiger partial charge is 0.490 e. The fourth-order valence-electron chi connectivity index (χ4n) is 3.24. The Balaban J connectivity index is 1.58. The Morgan fingerprint density at radius 1 is 1.00 bits per heavy atom. The molecule has 0 spiro atoms. The number of carbonyl (C=O) groups excluding carboxylic acids is 1. The molecule has 0 aliphatic heterocycles. The molecule has 0 aliphatic carbocycles. The highest BCUT2D eigenvalue weighted by molar-refractivity contribution is 7.14. The maximum absolute atomic E-state index is 13.0. The predicted octanol–water partition coefficient (Wildman–Crippen LogP) is 6.00. The maximum atomic E-state index is 13.0. The Morgan fingerprint density at radius 3 is 2.34 bits per heavy atom. The number of amides is 1. The molecule has 0 aliphatic rings. The minimum Gasteiger partial charge on any atom is -0.490 e. The van der Waals surface area contributed by atoms with Crippen molar-refractivity contribution in [2.45, 2.75) is 20.8 Å². The molecular weight excluding hydrogens is 428 g/mol. The minimum absolute atomic E-state index is 0.319. The lowest BCUT2D eigenvalue weighted by Gasteiger charge is -2.16. The molecule has 0 atom stereocenters. The standard InChI is InChI=1S/C24H24N2O5S/c1-4-28-20-12-16(13-21(29-5-2)22(20)30-6-3)23(27)26-24-25-17(14-32-24)19-11-15-9-7-8-10-18(15)31-19/h7-14H,4-6H2,1-3H3,(H,25,26,27). The van der Waals surface area contributed by atoms with Gasteiger partial charge in [-0.2, -0.15) is 0 Å². The van der Waals surface area contributed by atoms with Gasteiger partial charge in [0.05, 0.1) is 19.8 Å². The molecule has 7 nitrogen and oxygen atoms in total. The van der Waals surface area contributed by atoms with Crippen LogP contribution < -0.4 is 19.5 Å². The number of ether oxygens (including phenoxy) is 3. The molecule has 0 radical (unpaired) electrons. The molecule has 1 amide bonds. The molecule has 0 saturated carbocycles. The Bertz CT molecular complexity index is 1170. The zero-order valence-corrected chi connectivity index (χ0v) is 19.0. The van der Waals surface area contributed by atoms with Crippen molar-refractivity contribution in [2.24, 2.45) is 0 Å². The van der Waals surface area contributed by atoms with Crippen LogP contribution in [0.1, 0.15) is 31.1 Å². The van der Waals surface area contributed by atoms with Crippen molar-refractivity contribution in [3.63, 3.8) is 0 Å². The zero-order valence-electron chi connectivity index (χ0n) is 18.1. The number of para-hydroxylation sites is 1. The number of anilines is 1. The summed E-state index contributed by atoms with van der Waals surface area (Å²) in [5, 5.41) is 6.17. The summed E-state index contributed by atoms with van der Waals surface area (Å²) in [7, 11) is 0. The van der Waals surface area contributed by atoms with Gasteiger partial charge in [-0.05, 0) is 45.0 Å². The van der Waals surface area contributed by atoms with Crippen molar-refractivity contribution in [1.29, 1.82) is 0 Å². The smallest absolute Gasteiger partial charge is 0.257 e. The molecule has 4 aromatic rings. The summed E-state index contributed by atoms with van der Waals surface area (Å²) < 4.78 is 23.0. The van der Waals surface area contributed by atoms with Gasteiger partial charge in [-0.1, -0.05) is 18.2 Å². The molecule has 0 bridgehead atoms. The summed E-state index contributed by atoms with van der Waals surface area (Å²) in [6, 6.07) is 13.0. The third kappa shape index (κ3) is 4.55. The van der Waals surface area contributed by atoms with Gasteiger partial charge in [-0.25, -0.2) is 4.98 Å². The summed E-state index contributed by atoms with van der Waals surface area (Å²) in [6.07, 6.45) is 0. The molecule has 0 saturated heterocycles. The van der Waals surface area contributed by atoms with Crippen LogP contribution in [0.15, 0.2) is 52.3 Å². The third-order valence-electron chi connectivity index (χ3n) is 4.57. The molecule has 1 N–H and O–H groups in total. The van der Waals surface area contributed by atoms with Gasteiger partial charge in [0.25, 0.3) is 5.91 Å². The number of fused-ring (bicyclic) bond motifs is 1. The maximum Gasteiger partial charge on any atom is 0.257 e. The van der Waals surface area contributed by atoms with E-state index in [2.05, 4.69) is 10.3 Å². The van der Waals surface area contributed by atoms with Crippen molar-refractivity contribution in [2.75, 3.05) is 25.1 Å². The lowest BCUT2D eigenvalue weighted by atomic mass is 10.1. The minimum atomic E-state index is -0.319.